The zero-order valence-electron chi connectivity index (χ0n) is 9.08. The molecule has 2 aromatic carbocycles. The number of carbonyl (C=O) groups is 1. The Morgan fingerprint density at radius 3 is 2.61 bits per heavy atom. The SMILES string of the molecule is O=C(Nc1ccccc1I)c1ccc(F)cc1Cl. The van der Waals surface area contributed by atoms with Gasteiger partial charge in [-0.05, 0) is 52.9 Å². The van der Waals surface area contributed by atoms with Gasteiger partial charge in [-0.2, -0.15) is 0 Å². The molecule has 1 N–H and O–H groups in total. The highest BCUT2D eigenvalue weighted by molar-refractivity contribution is 14.1. The molecule has 18 heavy (non-hydrogen) atoms. The lowest BCUT2D eigenvalue weighted by atomic mass is 10.2. The van der Waals surface area contributed by atoms with Crippen molar-refractivity contribution in [3.05, 3.63) is 62.4 Å². The van der Waals surface area contributed by atoms with Crippen molar-refractivity contribution in [2.24, 2.45) is 0 Å². The third-order valence-corrected chi connectivity index (χ3v) is 3.55. The highest BCUT2D eigenvalue weighted by Gasteiger charge is 2.12. The number of amides is 1. The fraction of sp³-hybridized carbons (Fsp3) is 0. The molecule has 0 atom stereocenters. The number of anilines is 1. The van der Waals surface area contributed by atoms with Gasteiger partial charge in [-0.25, -0.2) is 4.39 Å². The number of hydrogen-bond acceptors (Lipinski definition) is 1. The van der Waals surface area contributed by atoms with Gasteiger partial charge in [0.05, 0.1) is 16.3 Å². The Labute approximate surface area is 122 Å². The average Bonchev–Trinajstić information content (AvgIpc) is 2.32. The van der Waals surface area contributed by atoms with E-state index in [1.54, 1.807) is 6.07 Å². The predicted octanol–water partition coefficient (Wildman–Crippen LogP) is 4.34. The van der Waals surface area contributed by atoms with Crippen LogP contribution < -0.4 is 5.32 Å². The Kier molecular flexibility index (Phi) is 4.19. The maximum Gasteiger partial charge on any atom is 0.257 e. The monoisotopic (exact) mass is 375 g/mol. The van der Waals surface area contributed by atoms with Gasteiger partial charge in [-0.1, -0.05) is 23.7 Å². The molecular weight excluding hydrogens is 368 g/mol. The molecule has 0 saturated heterocycles. The summed E-state index contributed by atoms with van der Waals surface area (Å²) in [6.45, 7) is 0. The molecule has 0 heterocycles. The summed E-state index contributed by atoms with van der Waals surface area (Å²) in [6.07, 6.45) is 0. The second-order valence-electron chi connectivity index (χ2n) is 3.56. The predicted molar refractivity (Wildman–Crippen MR) is 78.5 cm³/mol. The molecule has 0 aromatic heterocycles. The van der Waals surface area contributed by atoms with Crippen molar-refractivity contribution in [3.8, 4) is 0 Å². The zero-order valence-corrected chi connectivity index (χ0v) is 12.0. The second-order valence-corrected chi connectivity index (χ2v) is 5.13. The minimum Gasteiger partial charge on any atom is -0.321 e. The van der Waals surface area contributed by atoms with Gasteiger partial charge in [0.15, 0.2) is 0 Å². The Morgan fingerprint density at radius 1 is 1.22 bits per heavy atom. The lowest BCUT2D eigenvalue weighted by Gasteiger charge is -2.08. The van der Waals surface area contributed by atoms with Crippen LogP contribution >= 0.6 is 34.2 Å². The van der Waals surface area contributed by atoms with E-state index in [2.05, 4.69) is 27.9 Å². The molecule has 0 unspecified atom stereocenters. The van der Waals surface area contributed by atoms with E-state index in [0.717, 1.165) is 9.64 Å². The molecule has 0 aliphatic heterocycles. The van der Waals surface area contributed by atoms with Crippen LogP contribution in [0.2, 0.25) is 5.02 Å². The smallest absolute Gasteiger partial charge is 0.257 e. The maximum absolute atomic E-state index is 12.9. The van der Waals surface area contributed by atoms with Crippen LogP contribution in [0.4, 0.5) is 10.1 Å². The molecule has 0 saturated carbocycles. The molecule has 0 fully saturated rings. The fourth-order valence-corrected chi connectivity index (χ4v) is 2.20. The molecule has 1 amide bonds. The van der Waals surface area contributed by atoms with Gasteiger partial charge < -0.3 is 5.32 Å². The molecule has 5 heteroatoms. The minimum absolute atomic E-state index is 0.0958. The molecule has 2 aromatic rings. The first-order valence-corrected chi connectivity index (χ1v) is 6.54. The van der Waals surface area contributed by atoms with Crippen molar-refractivity contribution in [3.63, 3.8) is 0 Å². The van der Waals surface area contributed by atoms with E-state index in [-0.39, 0.29) is 16.5 Å². The molecule has 92 valence electrons. The summed E-state index contributed by atoms with van der Waals surface area (Å²) >= 11 is 7.95. The topological polar surface area (TPSA) is 29.1 Å². The van der Waals surface area contributed by atoms with Crippen LogP contribution in [-0.4, -0.2) is 5.91 Å². The van der Waals surface area contributed by atoms with Crippen LogP contribution in [0, 0.1) is 9.39 Å². The maximum atomic E-state index is 12.9. The number of halogens is 3. The quantitative estimate of drug-likeness (QED) is 0.778. The number of nitrogens with one attached hydrogen (secondary N) is 1. The van der Waals surface area contributed by atoms with Gasteiger partial charge in [0.25, 0.3) is 5.91 Å². The summed E-state index contributed by atoms with van der Waals surface area (Å²) in [6, 6.07) is 11.1. The van der Waals surface area contributed by atoms with Gasteiger partial charge in [-0.15, -0.1) is 0 Å². The van der Waals surface area contributed by atoms with Crippen LogP contribution in [-0.2, 0) is 0 Å². The second kappa shape index (κ2) is 5.67. The summed E-state index contributed by atoms with van der Waals surface area (Å²) in [5, 5.41) is 2.83. The first-order chi connectivity index (χ1) is 8.58. The van der Waals surface area contributed by atoms with Crippen molar-refractivity contribution >= 4 is 45.8 Å². The van der Waals surface area contributed by atoms with Crippen molar-refractivity contribution < 1.29 is 9.18 Å². The van der Waals surface area contributed by atoms with Gasteiger partial charge in [0, 0.05) is 3.57 Å². The average molecular weight is 376 g/mol. The van der Waals surface area contributed by atoms with E-state index in [1.807, 2.05) is 18.2 Å². The lowest BCUT2D eigenvalue weighted by Crippen LogP contribution is -2.13. The van der Waals surface area contributed by atoms with E-state index in [4.69, 9.17) is 11.6 Å². The van der Waals surface area contributed by atoms with Crippen molar-refractivity contribution in [2.45, 2.75) is 0 Å². The minimum atomic E-state index is -0.467. The Morgan fingerprint density at radius 2 is 1.94 bits per heavy atom. The number of para-hydroxylation sites is 1. The van der Waals surface area contributed by atoms with Crippen LogP contribution in [0.1, 0.15) is 10.4 Å². The molecule has 0 radical (unpaired) electrons. The van der Waals surface area contributed by atoms with E-state index >= 15 is 0 Å². The largest absolute Gasteiger partial charge is 0.321 e. The standard InChI is InChI=1S/C13H8ClFINO/c14-10-7-8(15)5-6-9(10)13(18)17-12-4-2-1-3-11(12)16/h1-7H,(H,17,18). The molecule has 2 rings (SSSR count). The van der Waals surface area contributed by atoms with Crippen LogP contribution in [0.5, 0.6) is 0 Å². The van der Waals surface area contributed by atoms with E-state index in [9.17, 15) is 9.18 Å². The normalized spacial score (nSPS) is 10.2. The first-order valence-electron chi connectivity index (χ1n) is 5.09. The Bertz CT molecular complexity index is 603. The summed E-state index contributed by atoms with van der Waals surface area (Å²) in [5.41, 5.74) is 0.946. The summed E-state index contributed by atoms with van der Waals surface area (Å²) < 4.78 is 13.8. The third-order valence-electron chi connectivity index (χ3n) is 2.30. The molecule has 2 nitrogen and oxygen atoms in total. The van der Waals surface area contributed by atoms with Gasteiger partial charge in [0.1, 0.15) is 5.82 Å². The molecule has 0 bridgehead atoms. The highest BCUT2D eigenvalue weighted by atomic mass is 127. The number of carbonyl (C=O) groups excluding carboxylic acids is 1. The summed E-state index contributed by atoms with van der Waals surface area (Å²) in [7, 11) is 0. The van der Waals surface area contributed by atoms with Crippen molar-refractivity contribution in [1.82, 2.24) is 0 Å². The van der Waals surface area contributed by atoms with Crippen LogP contribution in [0.3, 0.4) is 0 Å². The summed E-state index contributed by atoms with van der Waals surface area (Å²) in [4.78, 5) is 12.0. The molecule has 0 spiro atoms. The Hall–Kier alpha value is -1.14. The van der Waals surface area contributed by atoms with E-state index in [0.29, 0.717) is 5.69 Å². The van der Waals surface area contributed by atoms with Crippen LogP contribution in [0.25, 0.3) is 0 Å². The number of benzene rings is 2. The Balaban J connectivity index is 2.25. The molecule has 0 aliphatic carbocycles. The number of hydrogen-bond donors (Lipinski definition) is 1. The van der Waals surface area contributed by atoms with Gasteiger partial charge >= 0.3 is 0 Å². The highest BCUT2D eigenvalue weighted by Crippen LogP contribution is 2.21. The van der Waals surface area contributed by atoms with Crippen LogP contribution in [0.15, 0.2) is 42.5 Å². The third kappa shape index (κ3) is 3.00. The van der Waals surface area contributed by atoms with Crippen molar-refractivity contribution in [2.75, 3.05) is 5.32 Å². The van der Waals surface area contributed by atoms with E-state index < -0.39 is 5.82 Å². The number of rotatable bonds is 2. The molecular formula is C13H8ClFINO. The van der Waals surface area contributed by atoms with Crippen molar-refractivity contribution in [1.29, 1.82) is 0 Å². The fourth-order valence-electron chi connectivity index (χ4n) is 1.43. The zero-order chi connectivity index (χ0) is 13.1. The lowest BCUT2D eigenvalue weighted by molar-refractivity contribution is 0.102. The van der Waals surface area contributed by atoms with Gasteiger partial charge in [0.2, 0.25) is 0 Å². The molecule has 0 aliphatic rings. The van der Waals surface area contributed by atoms with Gasteiger partial charge in [-0.3, -0.25) is 4.79 Å². The summed E-state index contributed by atoms with van der Waals surface area (Å²) in [5.74, 6) is -0.824. The van der Waals surface area contributed by atoms with E-state index in [1.165, 1.54) is 12.1 Å². The first kappa shape index (κ1) is 13.3.